The molecule has 0 aromatic carbocycles. The zero-order valence-electron chi connectivity index (χ0n) is 7.37. The largest absolute Gasteiger partial charge is 0.373 e. The van der Waals surface area contributed by atoms with Crippen molar-refractivity contribution in [1.29, 1.82) is 0 Å². The molecule has 1 aliphatic rings. The van der Waals surface area contributed by atoms with Crippen LogP contribution in [0.3, 0.4) is 0 Å². The van der Waals surface area contributed by atoms with Crippen LogP contribution in [0.5, 0.6) is 0 Å². The minimum atomic E-state index is 0.235. The van der Waals surface area contributed by atoms with Crippen molar-refractivity contribution in [1.82, 2.24) is 4.98 Å². The highest BCUT2D eigenvalue weighted by Gasteiger charge is 2.15. The third-order valence-electron chi connectivity index (χ3n) is 2.30. The minimum absolute atomic E-state index is 0.235. The van der Waals surface area contributed by atoms with E-state index in [-0.39, 0.29) is 6.10 Å². The van der Waals surface area contributed by atoms with Gasteiger partial charge in [-0.1, -0.05) is 17.7 Å². The van der Waals surface area contributed by atoms with E-state index in [2.05, 4.69) is 4.98 Å². The summed E-state index contributed by atoms with van der Waals surface area (Å²) in [5.41, 5.74) is 1.14. The smallest absolute Gasteiger partial charge is 0.129 e. The minimum Gasteiger partial charge on any atom is -0.373 e. The molecule has 0 N–H and O–H groups in total. The van der Waals surface area contributed by atoms with Crippen molar-refractivity contribution in [2.75, 3.05) is 6.61 Å². The average Bonchev–Trinajstić information content (AvgIpc) is 2.20. The van der Waals surface area contributed by atoms with Crippen LogP contribution in [0.4, 0.5) is 0 Å². The van der Waals surface area contributed by atoms with Gasteiger partial charge in [0.1, 0.15) is 5.15 Å². The lowest BCUT2D eigenvalue weighted by Gasteiger charge is -2.22. The maximum atomic E-state index is 5.70. The van der Waals surface area contributed by atoms with Gasteiger partial charge in [0.2, 0.25) is 0 Å². The zero-order valence-corrected chi connectivity index (χ0v) is 8.13. The molecule has 1 aliphatic heterocycles. The van der Waals surface area contributed by atoms with Crippen LogP contribution in [0.1, 0.15) is 30.9 Å². The highest BCUT2D eigenvalue weighted by Crippen LogP contribution is 2.27. The van der Waals surface area contributed by atoms with Gasteiger partial charge in [0.15, 0.2) is 0 Å². The second-order valence-electron chi connectivity index (χ2n) is 3.27. The Morgan fingerprint density at radius 2 is 2.31 bits per heavy atom. The topological polar surface area (TPSA) is 22.1 Å². The Kier molecular flexibility index (Phi) is 2.81. The van der Waals surface area contributed by atoms with E-state index in [1.54, 1.807) is 6.20 Å². The Morgan fingerprint density at radius 3 is 2.92 bits per heavy atom. The lowest BCUT2D eigenvalue weighted by molar-refractivity contribution is 0.0147. The number of pyridine rings is 1. The Balaban J connectivity index is 2.10. The highest BCUT2D eigenvalue weighted by atomic mass is 35.5. The number of nitrogens with zero attached hydrogens (tertiary/aromatic N) is 1. The summed E-state index contributed by atoms with van der Waals surface area (Å²) in [5.74, 6) is 0. The van der Waals surface area contributed by atoms with Gasteiger partial charge in [0, 0.05) is 12.8 Å². The van der Waals surface area contributed by atoms with Crippen LogP contribution in [0, 0.1) is 0 Å². The second kappa shape index (κ2) is 4.07. The van der Waals surface area contributed by atoms with Gasteiger partial charge in [0.25, 0.3) is 0 Å². The summed E-state index contributed by atoms with van der Waals surface area (Å²) < 4.78 is 5.62. The molecule has 1 aromatic rings. The van der Waals surface area contributed by atoms with Crippen LogP contribution in [-0.2, 0) is 4.74 Å². The van der Waals surface area contributed by atoms with Gasteiger partial charge in [-0.3, -0.25) is 0 Å². The maximum absolute atomic E-state index is 5.70. The molecule has 3 heteroatoms. The Labute approximate surface area is 82.9 Å². The van der Waals surface area contributed by atoms with Crippen LogP contribution >= 0.6 is 11.6 Å². The number of aromatic nitrogens is 1. The van der Waals surface area contributed by atoms with Gasteiger partial charge in [-0.2, -0.15) is 0 Å². The van der Waals surface area contributed by atoms with Gasteiger partial charge in [0.05, 0.1) is 6.10 Å². The molecule has 2 heterocycles. The molecule has 0 saturated carbocycles. The van der Waals surface area contributed by atoms with Crippen molar-refractivity contribution in [3.8, 4) is 0 Å². The van der Waals surface area contributed by atoms with Crippen LogP contribution in [0.15, 0.2) is 18.3 Å². The molecule has 0 amide bonds. The first-order valence-electron chi connectivity index (χ1n) is 4.59. The SMILES string of the molecule is Clc1ccc(C2CCCCO2)cn1. The number of hydrogen-bond acceptors (Lipinski definition) is 2. The number of halogens is 1. The highest BCUT2D eigenvalue weighted by molar-refractivity contribution is 6.29. The summed E-state index contributed by atoms with van der Waals surface area (Å²) in [4.78, 5) is 4.04. The van der Waals surface area contributed by atoms with Crippen molar-refractivity contribution < 1.29 is 4.74 Å². The van der Waals surface area contributed by atoms with Crippen molar-refractivity contribution in [3.63, 3.8) is 0 Å². The normalized spacial score (nSPS) is 23.0. The summed E-state index contributed by atoms with van der Waals surface area (Å²) in [6.45, 7) is 0.868. The van der Waals surface area contributed by atoms with E-state index in [4.69, 9.17) is 16.3 Å². The van der Waals surface area contributed by atoms with Gasteiger partial charge >= 0.3 is 0 Å². The fourth-order valence-electron chi connectivity index (χ4n) is 1.58. The predicted molar refractivity (Wildman–Crippen MR) is 51.8 cm³/mol. The lowest BCUT2D eigenvalue weighted by atomic mass is 10.0. The first-order chi connectivity index (χ1) is 6.36. The molecule has 2 rings (SSSR count). The monoisotopic (exact) mass is 197 g/mol. The Morgan fingerprint density at radius 1 is 1.38 bits per heavy atom. The second-order valence-corrected chi connectivity index (χ2v) is 3.66. The average molecular weight is 198 g/mol. The maximum Gasteiger partial charge on any atom is 0.129 e. The first-order valence-corrected chi connectivity index (χ1v) is 4.97. The molecule has 1 fully saturated rings. The first kappa shape index (κ1) is 8.97. The van der Waals surface area contributed by atoms with Crippen molar-refractivity contribution >= 4 is 11.6 Å². The molecule has 0 bridgehead atoms. The number of ether oxygens (including phenoxy) is 1. The molecule has 1 aromatic heterocycles. The van der Waals surface area contributed by atoms with Gasteiger partial charge in [-0.25, -0.2) is 4.98 Å². The molecular weight excluding hydrogens is 186 g/mol. The molecule has 70 valence electrons. The number of hydrogen-bond donors (Lipinski definition) is 0. The van der Waals surface area contributed by atoms with E-state index in [1.165, 1.54) is 12.8 Å². The van der Waals surface area contributed by atoms with E-state index in [0.29, 0.717) is 5.15 Å². The van der Waals surface area contributed by atoms with E-state index in [9.17, 15) is 0 Å². The van der Waals surface area contributed by atoms with E-state index in [0.717, 1.165) is 18.6 Å². The predicted octanol–water partition coefficient (Wildman–Crippen LogP) is 2.98. The van der Waals surface area contributed by atoms with Crippen molar-refractivity contribution in [3.05, 3.63) is 29.0 Å². The summed E-state index contributed by atoms with van der Waals surface area (Å²) in [7, 11) is 0. The molecule has 1 atom stereocenters. The van der Waals surface area contributed by atoms with Gasteiger partial charge in [-0.05, 0) is 30.9 Å². The molecule has 1 saturated heterocycles. The number of rotatable bonds is 1. The molecule has 0 radical (unpaired) electrons. The molecule has 1 unspecified atom stereocenters. The fourth-order valence-corrected chi connectivity index (χ4v) is 1.69. The van der Waals surface area contributed by atoms with Crippen LogP contribution in [-0.4, -0.2) is 11.6 Å². The summed E-state index contributed by atoms with van der Waals surface area (Å²) in [5, 5.41) is 0.541. The molecular formula is C10H12ClNO. The van der Waals surface area contributed by atoms with Gasteiger partial charge < -0.3 is 4.74 Å². The third kappa shape index (κ3) is 2.20. The van der Waals surface area contributed by atoms with Crippen LogP contribution in [0.2, 0.25) is 5.15 Å². The fraction of sp³-hybridized carbons (Fsp3) is 0.500. The lowest BCUT2D eigenvalue weighted by Crippen LogP contribution is -2.11. The van der Waals surface area contributed by atoms with Crippen molar-refractivity contribution in [2.24, 2.45) is 0 Å². The standard InChI is InChI=1S/C10H12ClNO/c11-10-5-4-8(7-12-10)9-3-1-2-6-13-9/h4-5,7,9H,1-3,6H2. The molecule has 0 spiro atoms. The summed E-state index contributed by atoms with van der Waals surface area (Å²) >= 11 is 5.70. The summed E-state index contributed by atoms with van der Waals surface area (Å²) in [6, 6.07) is 3.81. The Hall–Kier alpha value is -0.600. The zero-order chi connectivity index (χ0) is 9.10. The molecule has 13 heavy (non-hydrogen) atoms. The summed E-state index contributed by atoms with van der Waals surface area (Å²) in [6.07, 6.45) is 5.56. The third-order valence-corrected chi connectivity index (χ3v) is 2.53. The van der Waals surface area contributed by atoms with E-state index in [1.807, 2.05) is 12.1 Å². The quantitative estimate of drug-likeness (QED) is 0.646. The molecule has 0 aliphatic carbocycles. The van der Waals surface area contributed by atoms with Crippen molar-refractivity contribution in [2.45, 2.75) is 25.4 Å². The van der Waals surface area contributed by atoms with Gasteiger partial charge in [-0.15, -0.1) is 0 Å². The van der Waals surface area contributed by atoms with E-state index < -0.39 is 0 Å². The van der Waals surface area contributed by atoms with Crippen LogP contribution < -0.4 is 0 Å². The molecule has 2 nitrogen and oxygen atoms in total. The Bertz CT molecular complexity index is 267. The van der Waals surface area contributed by atoms with Crippen LogP contribution in [0.25, 0.3) is 0 Å². The van der Waals surface area contributed by atoms with E-state index >= 15 is 0 Å².